The van der Waals surface area contributed by atoms with E-state index in [0.29, 0.717) is 0 Å². The van der Waals surface area contributed by atoms with Crippen molar-refractivity contribution >= 4 is 9.20 Å². The van der Waals surface area contributed by atoms with Crippen LogP contribution in [0.2, 0.25) is 6.55 Å². The molecule has 0 radical (unpaired) electrons. The van der Waals surface area contributed by atoms with Crippen LogP contribution >= 0.6 is 0 Å². The van der Waals surface area contributed by atoms with Crippen LogP contribution < -0.4 is 0 Å². The quantitative estimate of drug-likeness (QED) is 0.449. The Balaban J connectivity index is 3.47. The maximum absolute atomic E-state index is 5.79. The molecule has 0 bridgehead atoms. The Labute approximate surface area is 78.7 Å². The second kappa shape index (κ2) is 7.77. The molecule has 0 rings (SSSR count). The molecule has 2 nitrogen and oxygen atoms in total. The van der Waals surface area contributed by atoms with Gasteiger partial charge >= 0.3 is 0 Å². The molecular formula is C9H23NOSi. The van der Waals surface area contributed by atoms with E-state index in [9.17, 15) is 0 Å². The van der Waals surface area contributed by atoms with Gasteiger partial charge in [0, 0.05) is 6.61 Å². The lowest BCUT2D eigenvalue weighted by Crippen LogP contribution is -2.39. The maximum atomic E-state index is 5.79. The Morgan fingerprint density at radius 1 is 1.17 bits per heavy atom. The van der Waals surface area contributed by atoms with Crippen molar-refractivity contribution in [2.75, 3.05) is 19.7 Å². The normalized spacial score (nSPS) is 13.8. The average molecular weight is 189 g/mol. The average Bonchev–Trinajstić information content (AvgIpc) is 2.07. The molecule has 74 valence electrons. The number of nitrogens with zero attached hydrogens (tertiary/aromatic N) is 1. The molecule has 0 aliphatic heterocycles. The minimum atomic E-state index is -1.02. The van der Waals surface area contributed by atoms with E-state index >= 15 is 0 Å². The summed E-state index contributed by atoms with van der Waals surface area (Å²) in [6.45, 7) is 12.1. The molecule has 0 aromatic carbocycles. The molecular weight excluding hydrogens is 166 g/mol. The topological polar surface area (TPSA) is 12.5 Å². The largest absolute Gasteiger partial charge is 0.406 e. The first-order valence-electron chi connectivity index (χ1n) is 5.11. The first kappa shape index (κ1) is 12.1. The van der Waals surface area contributed by atoms with Gasteiger partial charge in [0.05, 0.1) is 0 Å². The molecule has 0 aliphatic carbocycles. The number of hydrogen-bond acceptors (Lipinski definition) is 2. The van der Waals surface area contributed by atoms with Crippen molar-refractivity contribution in [2.24, 2.45) is 0 Å². The molecule has 0 amide bonds. The zero-order chi connectivity index (χ0) is 9.40. The Morgan fingerprint density at radius 2 is 1.75 bits per heavy atom. The number of hydrogen-bond donors (Lipinski definition) is 0. The third-order valence-electron chi connectivity index (χ3n) is 2.18. The molecule has 0 saturated heterocycles. The van der Waals surface area contributed by atoms with Crippen LogP contribution in [0.3, 0.4) is 0 Å². The van der Waals surface area contributed by atoms with E-state index in [2.05, 4.69) is 31.9 Å². The molecule has 0 aliphatic rings. The molecule has 0 heterocycles. The fourth-order valence-electron chi connectivity index (χ4n) is 1.24. The van der Waals surface area contributed by atoms with Gasteiger partial charge in [-0.2, -0.15) is 0 Å². The van der Waals surface area contributed by atoms with E-state index in [1.807, 2.05) is 0 Å². The van der Waals surface area contributed by atoms with Crippen molar-refractivity contribution in [2.45, 2.75) is 40.2 Å². The van der Waals surface area contributed by atoms with Crippen molar-refractivity contribution < 1.29 is 4.43 Å². The highest BCUT2D eigenvalue weighted by molar-refractivity contribution is 6.46. The first-order chi connectivity index (χ1) is 5.76. The summed E-state index contributed by atoms with van der Waals surface area (Å²) in [7, 11) is -1.02. The SMILES string of the molecule is CCCCO[SiH](C)N(CC)CC. The Hall–Kier alpha value is 0.137. The number of rotatable bonds is 7. The summed E-state index contributed by atoms with van der Waals surface area (Å²) in [6.07, 6.45) is 2.44. The lowest BCUT2D eigenvalue weighted by molar-refractivity contribution is 0.264. The van der Waals surface area contributed by atoms with Crippen molar-refractivity contribution in [3.8, 4) is 0 Å². The van der Waals surface area contributed by atoms with E-state index < -0.39 is 9.20 Å². The van der Waals surface area contributed by atoms with Crippen molar-refractivity contribution in [1.29, 1.82) is 0 Å². The van der Waals surface area contributed by atoms with E-state index in [1.165, 1.54) is 12.8 Å². The summed E-state index contributed by atoms with van der Waals surface area (Å²) in [6, 6.07) is 0. The monoisotopic (exact) mass is 189 g/mol. The van der Waals surface area contributed by atoms with Crippen LogP contribution in [0, 0.1) is 0 Å². The minimum Gasteiger partial charge on any atom is -0.406 e. The molecule has 12 heavy (non-hydrogen) atoms. The van der Waals surface area contributed by atoms with Gasteiger partial charge in [0.2, 0.25) is 0 Å². The summed E-state index contributed by atoms with van der Waals surface area (Å²) in [5.41, 5.74) is 0. The van der Waals surface area contributed by atoms with Crippen LogP contribution in [0.1, 0.15) is 33.6 Å². The summed E-state index contributed by atoms with van der Waals surface area (Å²) in [5.74, 6) is 0. The lowest BCUT2D eigenvalue weighted by atomic mass is 10.4. The van der Waals surface area contributed by atoms with E-state index in [1.54, 1.807) is 0 Å². The zero-order valence-corrected chi connectivity index (χ0v) is 10.1. The van der Waals surface area contributed by atoms with Crippen LogP contribution in [-0.2, 0) is 4.43 Å². The van der Waals surface area contributed by atoms with E-state index in [-0.39, 0.29) is 0 Å². The Bertz CT molecular complexity index is 96.5. The van der Waals surface area contributed by atoms with Crippen LogP contribution in [0.15, 0.2) is 0 Å². The zero-order valence-electron chi connectivity index (χ0n) is 8.97. The van der Waals surface area contributed by atoms with Crippen LogP contribution in [0.5, 0.6) is 0 Å². The third kappa shape index (κ3) is 4.90. The highest BCUT2D eigenvalue weighted by Gasteiger charge is 2.11. The predicted molar refractivity (Wildman–Crippen MR) is 56.8 cm³/mol. The second-order valence-corrected chi connectivity index (χ2v) is 5.31. The van der Waals surface area contributed by atoms with Gasteiger partial charge < -0.3 is 8.99 Å². The molecule has 0 aromatic rings. The number of unbranched alkanes of at least 4 members (excludes halogenated alkanes) is 1. The van der Waals surface area contributed by atoms with Crippen molar-refractivity contribution in [3.63, 3.8) is 0 Å². The maximum Gasteiger partial charge on any atom is 0.251 e. The van der Waals surface area contributed by atoms with Crippen molar-refractivity contribution in [1.82, 2.24) is 4.57 Å². The van der Waals surface area contributed by atoms with Gasteiger partial charge in [0.1, 0.15) is 0 Å². The summed E-state index contributed by atoms with van der Waals surface area (Å²) in [5, 5.41) is 0. The fourth-order valence-corrected chi connectivity index (χ4v) is 2.99. The van der Waals surface area contributed by atoms with Gasteiger partial charge in [0.25, 0.3) is 9.20 Å². The Morgan fingerprint density at radius 3 is 2.17 bits per heavy atom. The Kier molecular flexibility index (Phi) is 7.86. The summed E-state index contributed by atoms with van der Waals surface area (Å²) in [4.78, 5) is 0. The van der Waals surface area contributed by atoms with Gasteiger partial charge in [-0.25, -0.2) is 0 Å². The van der Waals surface area contributed by atoms with Gasteiger partial charge in [-0.15, -0.1) is 0 Å². The third-order valence-corrected chi connectivity index (χ3v) is 4.66. The molecule has 3 heteroatoms. The summed E-state index contributed by atoms with van der Waals surface area (Å²) < 4.78 is 8.25. The molecule has 0 N–H and O–H groups in total. The smallest absolute Gasteiger partial charge is 0.251 e. The first-order valence-corrected chi connectivity index (χ1v) is 7.26. The van der Waals surface area contributed by atoms with E-state index in [0.717, 1.165) is 19.7 Å². The highest BCUT2D eigenvalue weighted by atomic mass is 28.3. The van der Waals surface area contributed by atoms with Crippen molar-refractivity contribution in [3.05, 3.63) is 0 Å². The fraction of sp³-hybridized carbons (Fsp3) is 1.00. The van der Waals surface area contributed by atoms with Crippen LogP contribution in [-0.4, -0.2) is 33.5 Å². The standard InChI is InChI=1S/C9H23NOSi/c1-5-8-9-11-12(4)10(6-2)7-3/h12H,5-9H2,1-4H3. The molecule has 0 saturated carbocycles. The summed E-state index contributed by atoms with van der Waals surface area (Å²) >= 11 is 0. The predicted octanol–water partition coefficient (Wildman–Crippen LogP) is 2.00. The molecule has 0 fully saturated rings. The second-order valence-electron chi connectivity index (χ2n) is 3.04. The van der Waals surface area contributed by atoms with Gasteiger partial charge in [-0.3, -0.25) is 0 Å². The van der Waals surface area contributed by atoms with Crippen LogP contribution in [0.4, 0.5) is 0 Å². The molecule has 0 spiro atoms. The molecule has 1 unspecified atom stereocenters. The van der Waals surface area contributed by atoms with Crippen LogP contribution in [0.25, 0.3) is 0 Å². The van der Waals surface area contributed by atoms with Gasteiger partial charge in [-0.05, 0) is 26.1 Å². The van der Waals surface area contributed by atoms with Gasteiger partial charge in [0.15, 0.2) is 0 Å². The van der Waals surface area contributed by atoms with E-state index in [4.69, 9.17) is 4.43 Å². The molecule has 0 aromatic heterocycles. The molecule has 1 atom stereocenters. The minimum absolute atomic E-state index is 0.959. The lowest BCUT2D eigenvalue weighted by Gasteiger charge is -2.24. The van der Waals surface area contributed by atoms with Gasteiger partial charge in [-0.1, -0.05) is 27.2 Å². The highest BCUT2D eigenvalue weighted by Crippen LogP contribution is 1.97.